The molecule has 5 heteroatoms. The fraction of sp³-hybridized carbons (Fsp3) is 0.429. The van der Waals surface area contributed by atoms with Crippen LogP contribution >= 0.6 is 0 Å². The Hall–Kier alpha value is -1.88. The van der Waals surface area contributed by atoms with Crippen molar-refractivity contribution in [1.29, 1.82) is 0 Å². The molecule has 0 aliphatic rings. The van der Waals surface area contributed by atoms with Gasteiger partial charge in [-0.05, 0) is 18.4 Å². The highest BCUT2D eigenvalue weighted by Crippen LogP contribution is 2.05. The third-order valence-corrected chi connectivity index (χ3v) is 2.87. The van der Waals surface area contributed by atoms with E-state index in [1.807, 2.05) is 30.3 Å². The molecule has 0 aliphatic heterocycles. The fourth-order valence-corrected chi connectivity index (χ4v) is 1.71. The van der Waals surface area contributed by atoms with E-state index in [9.17, 15) is 9.59 Å². The SMILES string of the molecule is COC(=O)CN(C)C(=O)[C@@H](N)CCc1ccccc1. The second-order valence-electron chi connectivity index (χ2n) is 4.40. The zero-order valence-electron chi connectivity index (χ0n) is 11.3. The largest absolute Gasteiger partial charge is 0.468 e. The second-order valence-corrected chi connectivity index (χ2v) is 4.40. The van der Waals surface area contributed by atoms with Crippen molar-refractivity contribution in [3.63, 3.8) is 0 Å². The molecular weight excluding hydrogens is 244 g/mol. The molecule has 1 atom stereocenters. The second kappa shape index (κ2) is 7.53. The minimum absolute atomic E-state index is 0.0750. The number of hydrogen-bond donors (Lipinski definition) is 1. The predicted molar refractivity (Wildman–Crippen MR) is 72.4 cm³/mol. The van der Waals surface area contributed by atoms with Crippen molar-refractivity contribution < 1.29 is 14.3 Å². The Kier molecular flexibility index (Phi) is 6.02. The van der Waals surface area contributed by atoms with Crippen LogP contribution in [0.3, 0.4) is 0 Å². The highest BCUT2D eigenvalue weighted by atomic mass is 16.5. The highest BCUT2D eigenvalue weighted by molar-refractivity contribution is 5.85. The van der Waals surface area contributed by atoms with Crippen molar-refractivity contribution in [2.24, 2.45) is 5.73 Å². The van der Waals surface area contributed by atoms with Gasteiger partial charge in [0.15, 0.2) is 0 Å². The van der Waals surface area contributed by atoms with Crippen LogP contribution in [0.2, 0.25) is 0 Å². The van der Waals surface area contributed by atoms with Gasteiger partial charge in [0, 0.05) is 7.05 Å². The maximum Gasteiger partial charge on any atom is 0.325 e. The van der Waals surface area contributed by atoms with Gasteiger partial charge in [0.1, 0.15) is 6.54 Å². The van der Waals surface area contributed by atoms with Gasteiger partial charge >= 0.3 is 5.97 Å². The summed E-state index contributed by atoms with van der Waals surface area (Å²) in [6.45, 7) is -0.0750. The van der Waals surface area contributed by atoms with Crippen molar-refractivity contribution >= 4 is 11.9 Å². The molecule has 104 valence electrons. The number of carbonyl (C=O) groups excluding carboxylic acids is 2. The molecule has 0 saturated carbocycles. The molecule has 0 unspecified atom stereocenters. The Morgan fingerprint density at radius 1 is 1.32 bits per heavy atom. The molecular formula is C14H20N2O3. The standard InChI is InChI=1S/C14H20N2O3/c1-16(10-13(17)19-2)14(18)12(15)9-8-11-6-4-3-5-7-11/h3-7,12H,8-10,15H2,1-2H3/t12-/m0/s1. The maximum absolute atomic E-state index is 11.9. The molecule has 0 radical (unpaired) electrons. The number of methoxy groups -OCH3 is 1. The van der Waals surface area contributed by atoms with E-state index < -0.39 is 12.0 Å². The topological polar surface area (TPSA) is 72.6 Å². The highest BCUT2D eigenvalue weighted by Gasteiger charge is 2.19. The quantitative estimate of drug-likeness (QED) is 0.763. The van der Waals surface area contributed by atoms with E-state index in [-0.39, 0.29) is 12.5 Å². The van der Waals surface area contributed by atoms with E-state index in [0.29, 0.717) is 6.42 Å². The van der Waals surface area contributed by atoms with Gasteiger partial charge in [-0.2, -0.15) is 0 Å². The molecule has 0 aliphatic carbocycles. The summed E-state index contributed by atoms with van der Waals surface area (Å²) in [5, 5.41) is 0. The molecule has 19 heavy (non-hydrogen) atoms. The van der Waals surface area contributed by atoms with Crippen LogP contribution in [0.25, 0.3) is 0 Å². The summed E-state index contributed by atoms with van der Waals surface area (Å²) in [6.07, 6.45) is 1.29. The van der Waals surface area contributed by atoms with E-state index >= 15 is 0 Å². The monoisotopic (exact) mass is 264 g/mol. The molecule has 0 bridgehead atoms. The van der Waals surface area contributed by atoms with Gasteiger partial charge in [0.05, 0.1) is 13.2 Å². The van der Waals surface area contributed by atoms with E-state index in [1.54, 1.807) is 7.05 Å². The Bertz CT molecular complexity index is 420. The molecule has 1 amide bonds. The summed E-state index contributed by atoms with van der Waals surface area (Å²) in [7, 11) is 2.83. The van der Waals surface area contributed by atoms with Crippen LogP contribution in [0.15, 0.2) is 30.3 Å². The number of nitrogens with two attached hydrogens (primary N) is 1. The molecule has 2 N–H and O–H groups in total. The summed E-state index contributed by atoms with van der Waals surface area (Å²) < 4.78 is 4.51. The molecule has 1 aromatic carbocycles. The number of benzene rings is 1. The lowest BCUT2D eigenvalue weighted by molar-refractivity contribution is -0.146. The van der Waals surface area contributed by atoms with Crippen LogP contribution in [0.4, 0.5) is 0 Å². The molecule has 0 heterocycles. The van der Waals surface area contributed by atoms with Crippen LogP contribution < -0.4 is 5.73 Å². The van der Waals surface area contributed by atoms with Gasteiger partial charge < -0.3 is 15.4 Å². The van der Waals surface area contributed by atoms with Gasteiger partial charge in [0.2, 0.25) is 5.91 Å². The number of rotatable bonds is 6. The first-order chi connectivity index (χ1) is 9.04. The minimum Gasteiger partial charge on any atom is -0.468 e. The third-order valence-electron chi connectivity index (χ3n) is 2.87. The van der Waals surface area contributed by atoms with Crippen LogP contribution in [-0.4, -0.2) is 43.5 Å². The molecule has 0 aromatic heterocycles. The Balaban J connectivity index is 2.42. The summed E-state index contributed by atoms with van der Waals surface area (Å²) in [4.78, 5) is 24.3. The number of esters is 1. The number of nitrogens with zero attached hydrogens (tertiary/aromatic N) is 1. The Morgan fingerprint density at radius 2 is 1.95 bits per heavy atom. The lowest BCUT2D eigenvalue weighted by Crippen LogP contribution is -2.44. The minimum atomic E-state index is -0.602. The van der Waals surface area contributed by atoms with Crippen molar-refractivity contribution in [3.05, 3.63) is 35.9 Å². The van der Waals surface area contributed by atoms with Crippen molar-refractivity contribution in [3.8, 4) is 0 Å². The first-order valence-corrected chi connectivity index (χ1v) is 6.16. The molecule has 5 nitrogen and oxygen atoms in total. The molecule has 0 fully saturated rings. The van der Waals surface area contributed by atoms with Crippen LogP contribution in [0.1, 0.15) is 12.0 Å². The Labute approximate surface area is 113 Å². The molecule has 1 aromatic rings. The lowest BCUT2D eigenvalue weighted by atomic mass is 10.1. The zero-order chi connectivity index (χ0) is 14.3. The van der Waals surface area contributed by atoms with E-state index in [1.165, 1.54) is 12.0 Å². The molecule has 0 saturated heterocycles. The number of aryl methyl sites for hydroxylation is 1. The van der Waals surface area contributed by atoms with Crippen molar-refractivity contribution in [1.82, 2.24) is 4.90 Å². The maximum atomic E-state index is 11.9. The fourth-order valence-electron chi connectivity index (χ4n) is 1.71. The van der Waals surface area contributed by atoms with Crippen molar-refractivity contribution in [2.45, 2.75) is 18.9 Å². The number of amides is 1. The summed E-state index contributed by atoms with van der Waals surface area (Å²) in [5.41, 5.74) is 6.98. The number of ether oxygens (including phenoxy) is 1. The van der Waals surface area contributed by atoms with Crippen LogP contribution in [-0.2, 0) is 20.7 Å². The lowest BCUT2D eigenvalue weighted by Gasteiger charge is -2.20. The number of likely N-dealkylation sites (N-methyl/N-ethyl adjacent to an activating group) is 1. The van der Waals surface area contributed by atoms with E-state index in [4.69, 9.17) is 5.73 Å². The molecule has 0 spiro atoms. The number of hydrogen-bond acceptors (Lipinski definition) is 4. The van der Waals surface area contributed by atoms with Crippen LogP contribution in [0.5, 0.6) is 0 Å². The third kappa shape index (κ3) is 5.09. The van der Waals surface area contributed by atoms with Crippen LogP contribution in [0, 0.1) is 0 Å². The number of carbonyl (C=O) groups is 2. The van der Waals surface area contributed by atoms with E-state index in [2.05, 4.69) is 4.74 Å². The van der Waals surface area contributed by atoms with Gasteiger partial charge in [-0.3, -0.25) is 9.59 Å². The first-order valence-electron chi connectivity index (χ1n) is 6.16. The Morgan fingerprint density at radius 3 is 2.53 bits per heavy atom. The van der Waals surface area contributed by atoms with Crippen molar-refractivity contribution in [2.75, 3.05) is 20.7 Å². The van der Waals surface area contributed by atoms with Gasteiger partial charge in [-0.25, -0.2) is 0 Å². The summed E-state index contributed by atoms with van der Waals surface area (Å²) in [5.74, 6) is -0.701. The van der Waals surface area contributed by atoms with Gasteiger partial charge in [-0.15, -0.1) is 0 Å². The smallest absolute Gasteiger partial charge is 0.325 e. The first kappa shape index (κ1) is 15.2. The van der Waals surface area contributed by atoms with E-state index in [0.717, 1.165) is 12.0 Å². The van der Waals surface area contributed by atoms with Gasteiger partial charge in [0.25, 0.3) is 0 Å². The summed E-state index contributed by atoms with van der Waals surface area (Å²) in [6, 6.07) is 9.23. The molecule has 1 rings (SSSR count). The summed E-state index contributed by atoms with van der Waals surface area (Å²) >= 11 is 0. The zero-order valence-corrected chi connectivity index (χ0v) is 11.3. The average Bonchev–Trinajstić information content (AvgIpc) is 2.44. The average molecular weight is 264 g/mol. The predicted octanol–water partition coefficient (Wildman–Crippen LogP) is 0.578. The normalized spacial score (nSPS) is 11.7. The van der Waals surface area contributed by atoms with Gasteiger partial charge in [-0.1, -0.05) is 30.3 Å².